The SMILES string of the molecule is CCN(C)S(=O)(=O)Nc1ccc(F)c(Oc2ccc3ncn(C4CC5(C4)CN(C4CCC(c6cc7c(cc6F)c(N6CCC(=O)NC6=O)nn7C)CC4F)C5)c(=O)c3c2)c1C#N. The molecule has 2 aliphatic carbocycles. The predicted molar refractivity (Wildman–Crippen MR) is 222 cm³/mol. The van der Waals surface area contributed by atoms with E-state index in [1.165, 1.54) is 36.5 Å². The number of nitrogens with zero attached hydrogens (tertiary/aromatic N) is 8. The smallest absolute Gasteiger partial charge is 0.329 e. The van der Waals surface area contributed by atoms with Crippen LogP contribution in [0.15, 0.2) is 53.6 Å². The molecule has 62 heavy (non-hydrogen) atoms. The monoisotopic (exact) mass is 872 g/mol. The van der Waals surface area contributed by atoms with E-state index in [9.17, 15) is 28.1 Å². The molecular formula is C42H43F3N10O6S. The van der Waals surface area contributed by atoms with Gasteiger partial charge < -0.3 is 4.74 Å². The van der Waals surface area contributed by atoms with Crippen molar-refractivity contribution in [1.82, 2.24) is 33.9 Å². The Labute approximate surface area is 354 Å². The number of fused-ring (bicyclic) bond motifs is 2. The van der Waals surface area contributed by atoms with Gasteiger partial charge in [-0.25, -0.2) is 22.9 Å². The van der Waals surface area contributed by atoms with Crippen LogP contribution in [0.4, 0.5) is 29.5 Å². The lowest BCUT2D eigenvalue weighted by Gasteiger charge is -2.62. The van der Waals surface area contributed by atoms with E-state index in [2.05, 4.69) is 25.0 Å². The Bertz CT molecular complexity index is 2890. The maximum absolute atomic E-state index is 16.0. The first-order valence-corrected chi connectivity index (χ1v) is 21.8. The van der Waals surface area contributed by atoms with Crippen LogP contribution in [0.5, 0.6) is 11.5 Å². The van der Waals surface area contributed by atoms with Gasteiger partial charge in [0.25, 0.3) is 5.56 Å². The first-order valence-electron chi connectivity index (χ1n) is 20.4. The minimum absolute atomic E-state index is 0.0443. The zero-order valence-electron chi connectivity index (χ0n) is 34.1. The highest BCUT2D eigenvalue weighted by atomic mass is 32.2. The zero-order valence-corrected chi connectivity index (χ0v) is 34.9. The van der Waals surface area contributed by atoms with Gasteiger partial charge in [-0.05, 0) is 91.5 Å². The molecule has 3 unspecified atom stereocenters. The van der Waals surface area contributed by atoms with Crippen LogP contribution in [0, 0.1) is 28.4 Å². The number of benzene rings is 3. The molecule has 4 fully saturated rings. The molecule has 20 heteroatoms. The molecule has 324 valence electrons. The number of imide groups is 1. The van der Waals surface area contributed by atoms with Gasteiger partial charge in [-0.1, -0.05) is 6.92 Å². The summed E-state index contributed by atoms with van der Waals surface area (Å²) in [7, 11) is -0.983. The molecule has 4 heterocycles. The van der Waals surface area contributed by atoms with Gasteiger partial charge in [0.15, 0.2) is 17.4 Å². The first kappa shape index (κ1) is 41.3. The number of nitriles is 1. The number of carbonyl (C=O) groups is 2. The lowest BCUT2D eigenvalue weighted by molar-refractivity contribution is -0.126. The van der Waals surface area contributed by atoms with Crippen LogP contribution in [0.2, 0.25) is 0 Å². The van der Waals surface area contributed by atoms with Crippen LogP contribution >= 0.6 is 0 Å². The van der Waals surface area contributed by atoms with Crippen LogP contribution in [0.25, 0.3) is 21.8 Å². The summed E-state index contributed by atoms with van der Waals surface area (Å²) in [6.45, 7) is 3.27. The van der Waals surface area contributed by atoms with Crippen LogP contribution in [0.1, 0.15) is 68.5 Å². The Morgan fingerprint density at radius 3 is 2.55 bits per heavy atom. The number of rotatable bonds is 10. The third kappa shape index (κ3) is 7.10. The lowest BCUT2D eigenvalue weighted by Crippen LogP contribution is -2.67. The van der Waals surface area contributed by atoms with Gasteiger partial charge in [0, 0.05) is 64.2 Å². The number of aromatic nitrogens is 4. The largest absolute Gasteiger partial charge is 0.453 e. The molecule has 2 aromatic heterocycles. The van der Waals surface area contributed by atoms with Gasteiger partial charge in [-0.3, -0.25) is 38.7 Å². The molecule has 2 saturated heterocycles. The molecule has 16 nitrogen and oxygen atoms in total. The van der Waals surface area contributed by atoms with E-state index in [-0.39, 0.29) is 89.0 Å². The number of amides is 3. The summed E-state index contributed by atoms with van der Waals surface area (Å²) in [6, 6.07) is 10.4. The van der Waals surface area contributed by atoms with E-state index in [0.717, 1.165) is 16.4 Å². The normalized spacial score (nSPS) is 21.8. The number of hydrogen-bond acceptors (Lipinski definition) is 10. The summed E-state index contributed by atoms with van der Waals surface area (Å²) < 4.78 is 84.4. The number of nitrogens with one attached hydrogen (secondary N) is 2. The molecule has 2 saturated carbocycles. The average Bonchev–Trinajstić information content (AvgIpc) is 3.52. The van der Waals surface area contributed by atoms with Crippen molar-refractivity contribution in [2.75, 3.05) is 42.8 Å². The molecule has 0 bridgehead atoms. The molecular weight excluding hydrogens is 830 g/mol. The van der Waals surface area contributed by atoms with Crippen molar-refractivity contribution in [3.8, 4) is 17.6 Å². The van der Waals surface area contributed by atoms with Gasteiger partial charge in [0.2, 0.25) is 5.91 Å². The second-order valence-corrected chi connectivity index (χ2v) is 18.6. The predicted octanol–water partition coefficient (Wildman–Crippen LogP) is 5.59. The molecule has 9 rings (SSSR count). The molecule has 0 radical (unpaired) electrons. The van der Waals surface area contributed by atoms with E-state index < -0.39 is 39.8 Å². The van der Waals surface area contributed by atoms with Gasteiger partial charge in [-0.2, -0.15) is 23.1 Å². The zero-order chi connectivity index (χ0) is 43.8. The highest BCUT2D eigenvalue weighted by molar-refractivity contribution is 7.90. The van der Waals surface area contributed by atoms with Gasteiger partial charge >= 0.3 is 16.2 Å². The highest BCUT2D eigenvalue weighted by Gasteiger charge is 2.55. The van der Waals surface area contributed by atoms with Crippen molar-refractivity contribution in [2.24, 2.45) is 12.5 Å². The number of likely N-dealkylation sites (tertiary alicyclic amines) is 1. The van der Waals surface area contributed by atoms with Crippen molar-refractivity contribution in [3.05, 3.63) is 81.9 Å². The Morgan fingerprint density at radius 1 is 1.06 bits per heavy atom. The summed E-state index contributed by atoms with van der Waals surface area (Å²) in [6.07, 6.45) is 3.13. The molecule has 4 aliphatic rings. The van der Waals surface area contributed by atoms with Crippen LogP contribution in [-0.4, -0.2) is 94.3 Å². The molecule has 2 N–H and O–H groups in total. The summed E-state index contributed by atoms with van der Waals surface area (Å²) in [4.78, 5) is 46.0. The first-order chi connectivity index (χ1) is 29.6. The molecule has 5 aromatic rings. The van der Waals surface area contributed by atoms with Crippen LogP contribution in [0.3, 0.4) is 0 Å². The minimum atomic E-state index is -4.03. The summed E-state index contributed by atoms with van der Waals surface area (Å²) in [5, 5.41) is 17.3. The second-order valence-electron chi connectivity index (χ2n) is 16.8. The number of carbonyl (C=O) groups excluding carboxylic acids is 2. The topological polar surface area (TPSA) is 188 Å². The van der Waals surface area contributed by atoms with E-state index in [1.807, 2.05) is 6.07 Å². The minimum Gasteiger partial charge on any atom is -0.453 e. The number of halogens is 3. The fourth-order valence-electron chi connectivity index (χ4n) is 9.59. The van der Waals surface area contributed by atoms with E-state index in [0.29, 0.717) is 60.8 Å². The van der Waals surface area contributed by atoms with Crippen molar-refractivity contribution < 1.29 is 35.9 Å². The second kappa shape index (κ2) is 15.4. The Hall–Kier alpha value is -6.04. The number of aryl methyl sites for hydroxylation is 1. The molecule has 3 atom stereocenters. The third-order valence-electron chi connectivity index (χ3n) is 13.0. The fraction of sp³-hybridized carbons (Fsp3) is 0.429. The van der Waals surface area contributed by atoms with Gasteiger partial charge in [0.1, 0.15) is 29.4 Å². The molecule has 2 aliphatic heterocycles. The summed E-state index contributed by atoms with van der Waals surface area (Å²) in [5.74, 6) is -2.32. The highest BCUT2D eigenvalue weighted by Crippen LogP contribution is 2.55. The molecule has 1 spiro atoms. The van der Waals surface area contributed by atoms with Gasteiger partial charge in [-0.15, -0.1) is 0 Å². The quantitative estimate of drug-likeness (QED) is 0.179. The Balaban J connectivity index is 0.841. The molecule has 3 aromatic carbocycles. The summed E-state index contributed by atoms with van der Waals surface area (Å²) in [5.41, 5.74) is 0.454. The fourth-order valence-corrected chi connectivity index (χ4v) is 10.5. The number of anilines is 2. The number of ether oxygens (including phenoxy) is 1. The van der Waals surface area contributed by atoms with Crippen molar-refractivity contribution in [2.45, 2.75) is 69.6 Å². The van der Waals surface area contributed by atoms with E-state index in [4.69, 9.17) is 4.74 Å². The van der Waals surface area contributed by atoms with Crippen molar-refractivity contribution >= 4 is 55.5 Å². The van der Waals surface area contributed by atoms with Gasteiger partial charge in [0.05, 0.1) is 28.4 Å². The summed E-state index contributed by atoms with van der Waals surface area (Å²) >= 11 is 0. The Kier molecular flexibility index (Phi) is 10.3. The Morgan fingerprint density at radius 2 is 1.84 bits per heavy atom. The van der Waals surface area contributed by atoms with Crippen LogP contribution < -0.4 is 25.2 Å². The number of alkyl halides is 1. The molecule has 3 amide bonds. The number of urea groups is 1. The average molecular weight is 873 g/mol. The van der Waals surface area contributed by atoms with Crippen molar-refractivity contribution in [3.63, 3.8) is 0 Å². The third-order valence-corrected chi connectivity index (χ3v) is 14.6. The van der Waals surface area contributed by atoms with E-state index >= 15 is 13.2 Å². The van der Waals surface area contributed by atoms with E-state index in [1.54, 1.807) is 35.4 Å². The standard InChI is InChI=1S/C42H43F3N10O6S/c1-4-51(2)62(59,60)50-34-9-7-30(43)38(29(34)19-46)61-25-6-8-33-27(14-25)40(57)55(22-47-33)24-17-42(18-24)20-53(21-42)35-10-5-23(13-32(35)45)26-16-36-28(15-31(26)44)39(49-52(36)3)54-12-11-37(56)48-41(54)58/h6-9,14-16,22-24,32,35,50H,4-5,10-13,17-18,20-21H2,1-3H3,(H,48,56,58). The van der Waals surface area contributed by atoms with Crippen molar-refractivity contribution in [1.29, 1.82) is 5.26 Å². The lowest BCUT2D eigenvalue weighted by atomic mass is 9.59. The maximum Gasteiger partial charge on any atom is 0.329 e. The number of hydrogen-bond donors (Lipinski definition) is 2. The van der Waals surface area contributed by atoms with Crippen LogP contribution in [-0.2, 0) is 22.1 Å². The maximum atomic E-state index is 16.0.